The second-order valence-corrected chi connectivity index (χ2v) is 7.65. The van der Waals surface area contributed by atoms with Crippen LogP contribution in [0.3, 0.4) is 0 Å². The molecule has 20 heavy (non-hydrogen) atoms. The number of thioether (sulfide) groups is 1. The van der Waals surface area contributed by atoms with E-state index in [-0.39, 0.29) is 10.9 Å². The summed E-state index contributed by atoms with van der Waals surface area (Å²) in [6, 6.07) is 1.27. The zero-order valence-electron chi connectivity index (χ0n) is 11.8. The Kier molecular flexibility index (Phi) is 7.08. The number of rotatable bonds is 8. The van der Waals surface area contributed by atoms with Crippen LogP contribution in [-0.2, 0) is 10.0 Å². The third kappa shape index (κ3) is 5.12. The molecule has 0 amide bonds. The van der Waals surface area contributed by atoms with E-state index >= 15 is 0 Å². The smallest absolute Gasteiger partial charge is 0.242 e. The fraction of sp³-hybridized carbons (Fsp3) is 0.583. The predicted octanol–water partition coefficient (Wildman–Crippen LogP) is 2.59. The van der Waals surface area contributed by atoms with E-state index in [9.17, 15) is 8.42 Å². The molecule has 1 heterocycles. The zero-order valence-corrected chi connectivity index (χ0v) is 14.2. The van der Waals surface area contributed by atoms with Gasteiger partial charge in [-0.25, -0.2) is 18.1 Å². The van der Waals surface area contributed by atoms with Crippen LogP contribution in [0.1, 0.15) is 20.8 Å². The molecule has 8 heteroatoms. The highest BCUT2D eigenvalue weighted by molar-refractivity contribution is 7.99. The summed E-state index contributed by atoms with van der Waals surface area (Å²) < 4.78 is 27.0. The molecule has 1 aromatic rings. The third-order valence-electron chi connectivity index (χ3n) is 2.40. The van der Waals surface area contributed by atoms with E-state index in [4.69, 9.17) is 11.6 Å². The van der Waals surface area contributed by atoms with Crippen molar-refractivity contribution in [3.8, 4) is 0 Å². The SMILES string of the molecule is CCNc1ncc(S(=O)(=O)NC(C)CSCC)cc1Cl. The minimum Gasteiger partial charge on any atom is -0.369 e. The summed E-state index contributed by atoms with van der Waals surface area (Å²) in [6.07, 6.45) is 1.31. The summed E-state index contributed by atoms with van der Waals surface area (Å²) in [6.45, 7) is 6.46. The number of hydrogen-bond acceptors (Lipinski definition) is 5. The maximum atomic E-state index is 12.2. The first kappa shape index (κ1) is 17.6. The minimum atomic E-state index is -3.58. The average molecular weight is 338 g/mol. The number of sulfonamides is 1. The van der Waals surface area contributed by atoms with Gasteiger partial charge in [0.15, 0.2) is 0 Å². The van der Waals surface area contributed by atoms with Gasteiger partial charge in [0.2, 0.25) is 10.0 Å². The summed E-state index contributed by atoms with van der Waals surface area (Å²) in [4.78, 5) is 4.12. The molecule has 0 aliphatic rings. The van der Waals surface area contributed by atoms with Crippen LogP contribution >= 0.6 is 23.4 Å². The van der Waals surface area contributed by atoms with Gasteiger partial charge in [-0.1, -0.05) is 18.5 Å². The van der Waals surface area contributed by atoms with Crippen LogP contribution in [0.5, 0.6) is 0 Å². The fourth-order valence-electron chi connectivity index (χ4n) is 1.53. The quantitative estimate of drug-likeness (QED) is 0.763. The van der Waals surface area contributed by atoms with Crippen LogP contribution < -0.4 is 10.0 Å². The van der Waals surface area contributed by atoms with Crippen molar-refractivity contribution in [3.63, 3.8) is 0 Å². The van der Waals surface area contributed by atoms with E-state index in [1.165, 1.54) is 12.3 Å². The molecule has 0 aliphatic heterocycles. The molecule has 0 saturated heterocycles. The molecule has 0 aromatic carbocycles. The molecule has 0 fully saturated rings. The predicted molar refractivity (Wildman–Crippen MR) is 86.2 cm³/mol. The van der Waals surface area contributed by atoms with E-state index in [0.717, 1.165) is 11.5 Å². The van der Waals surface area contributed by atoms with Crippen molar-refractivity contribution in [3.05, 3.63) is 17.3 Å². The molecule has 0 bridgehead atoms. The number of hydrogen-bond donors (Lipinski definition) is 2. The van der Waals surface area contributed by atoms with Gasteiger partial charge in [-0.3, -0.25) is 0 Å². The van der Waals surface area contributed by atoms with Gasteiger partial charge in [0.25, 0.3) is 0 Å². The summed E-state index contributed by atoms with van der Waals surface area (Å²) in [5.74, 6) is 2.17. The van der Waals surface area contributed by atoms with Crippen molar-refractivity contribution in [1.29, 1.82) is 0 Å². The van der Waals surface area contributed by atoms with Gasteiger partial charge in [0, 0.05) is 24.5 Å². The standard InChI is InChI=1S/C12H20ClN3O2S2/c1-4-14-12-11(13)6-10(7-15-12)20(17,18)16-9(3)8-19-5-2/h6-7,9,16H,4-5,8H2,1-3H3,(H,14,15). The molecule has 0 saturated carbocycles. The fourth-order valence-corrected chi connectivity index (χ4v) is 3.82. The van der Waals surface area contributed by atoms with Crippen LogP contribution in [0.2, 0.25) is 5.02 Å². The number of anilines is 1. The van der Waals surface area contributed by atoms with Crippen molar-refractivity contribution in [2.24, 2.45) is 0 Å². The van der Waals surface area contributed by atoms with Crippen LogP contribution in [0.25, 0.3) is 0 Å². The lowest BCUT2D eigenvalue weighted by Crippen LogP contribution is -2.34. The highest BCUT2D eigenvalue weighted by Gasteiger charge is 2.19. The van der Waals surface area contributed by atoms with Crippen molar-refractivity contribution in [2.75, 3.05) is 23.4 Å². The van der Waals surface area contributed by atoms with Crippen molar-refractivity contribution in [1.82, 2.24) is 9.71 Å². The number of aromatic nitrogens is 1. The molecule has 1 rings (SSSR count). The van der Waals surface area contributed by atoms with Gasteiger partial charge in [-0.15, -0.1) is 0 Å². The lowest BCUT2D eigenvalue weighted by molar-refractivity contribution is 0.570. The summed E-state index contributed by atoms with van der Waals surface area (Å²) in [5, 5.41) is 3.26. The molecule has 5 nitrogen and oxygen atoms in total. The van der Waals surface area contributed by atoms with E-state index in [1.54, 1.807) is 11.8 Å². The maximum Gasteiger partial charge on any atom is 0.242 e. The van der Waals surface area contributed by atoms with Gasteiger partial charge >= 0.3 is 0 Å². The molecule has 114 valence electrons. The number of nitrogens with one attached hydrogen (secondary N) is 2. The monoisotopic (exact) mass is 337 g/mol. The lowest BCUT2D eigenvalue weighted by atomic mass is 10.4. The molecule has 2 N–H and O–H groups in total. The Balaban J connectivity index is 2.84. The van der Waals surface area contributed by atoms with Crippen molar-refractivity contribution in [2.45, 2.75) is 31.7 Å². The normalized spacial score (nSPS) is 13.2. The Bertz CT molecular complexity index is 538. The maximum absolute atomic E-state index is 12.2. The minimum absolute atomic E-state index is 0.0810. The van der Waals surface area contributed by atoms with E-state index < -0.39 is 10.0 Å². The van der Waals surface area contributed by atoms with Crippen molar-refractivity contribution < 1.29 is 8.42 Å². The van der Waals surface area contributed by atoms with Crippen molar-refractivity contribution >= 4 is 39.2 Å². The Labute approximate surface area is 129 Å². The third-order valence-corrected chi connectivity index (χ3v) is 5.39. The Hall–Kier alpha value is -0.500. The Morgan fingerprint density at radius 1 is 1.45 bits per heavy atom. The lowest BCUT2D eigenvalue weighted by Gasteiger charge is -2.14. The van der Waals surface area contributed by atoms with Gasteiger partial charge in [0.1, 0.15) is 10.7 Å². The molecular formula is C12H20ClN3O2S2. The number of halogens is 1. The van der Waals surface area contributed by atoms with Crippen LogP contribution in [0.4, 0.5) is 5.82 Å². The van der Waals surface area contributed by atoms with E-state index in [1.807, 2.05) is 20.8 Å². The summed E-state index contributed by atoms with van der Waals surface area (Å²) >= 11 is 7.70. The highest BCUT2D eigenvalue weighted by atomic mass is 35.5. The molecular weight excluding hydrogens is 318 g/mol. The molecule has 0 aliphatic carbocycles. The van der Waals surface area contributed by atoms with Crippen LogP contribution in [0, 0.1) is 0 Å². The van der Waals surface area contributed by atoms with E-state index in [2.05, 4.69) is 15.0 Å². The molecule has 0 radical (unpaired) electrons. The average Bonchev–Trinajstić information content (AvgIpc) is 2.38. The second-order valence-electron chi connectivity index (χ2n) is 4.21. The van der Waals surface area contributed by atoms with Gasteiger partial charge < -0.3 is 5.32 Å². The zero-order chi connectivity index (χ0) is 15.2. The highest BCUT2D eigenvalue weighted by Crippen LogP contribution is 2.22. The molecule has 1 atom stereocenters. The van der Waals surface area contributed by atoms with Crippen LogP contribution in [-0.4, -0.2) is 37.5 Å². The van der Waals surface area contributed by atoms with E-state index in [0.29, 0.717) is 17.4 Å². The Morgan fingerprint density at radius 3 is 2.70 bits per heavy atom. The van der Waals surface area contributed by atoms with Gasteiger partial charge in [0.05, 0.1) is 5.02 Å². The first-order valence-corrected chi connectivity index (χ1v) is 9.41. The van der Waals surface area contributed by atoms with Crippen LogP contribution in [0.15, 0.2) is 17.2 Å². The van der Waals surface area contributed by atoms with Gasteiger partial charge in [-0.05, 0) is 25.7 Å². The number of pyridine rings is 1. The largest absolute Gasteiger partial charge is 0.369 e. The Morgan fingerprint density at radius 2 is 2.15 bits per heavy atom. The second kappa shape index (κ2) is 8.07. The summed E-state index contributed by atoms with van der Waals surface area (Å²) in [7, 11) is -3.58. The van der Waals surface area contributed by atoms with Gasteiger partial charge in [-0.2, -0.15) is 11.8 Å². The first-order chi connectivity index (χ1) is 9.40. The molecule has 1 unspecified atom stereocenters. The number of nitrogens with zero attached hydrogens (tertiary/aromatic N) is 1. The first-order valence-electron chi connectivity index (χ1n) is 6.40. The molecule has 1 aromatic heterocycles. The molecule has 0 spiro atoms. The summed E-state index contributed by atoms with van der Waals surface area (Å²) in [5.41, 5.74) is 0. The topological polar surface area (TPSA) is 71.1 Å².